The topological polar surface area (TPSA) is 443 Å². The van der Waals surface area contributed by atoms with E-state index in [1.54, 1.807) is 0 Å². The Balaban J connectivity index is 1.55. The number of hydrogen-bond acceptors (Lipinski definition) is 24. The van der Waals surface area contributed by atoms with E-state index in [9.17, 15) is 91.0 Å². The molecule has 0 radical (unpaired) electrons. The number of carbonyl (C=O) groups excluding carboxylic acids is 2. The van der Waals surface area contributed by atoms with Gasteiger partial charge in [0.2, 0.25) is 11.8 Å². The van der Waals surface area contributed by atoms with Gasteiger partial charge in [0.1, 0.15) is 98.1 Å². The van der Waals surface area contributed by atoms with Crippen LogP contribution in [0.25, 0.3) is 0 Å². The predicted molar refractivity (Wildman–Crippen MR) is 176 cm³/mol. The van der Waals surface area contributed by atoms with Gasteiger partial charge in [-0.2, -0.15) is 0 Å². The van der Waals surface area contributed by atoms with Gasteiger partial charge >= 0.3 is 5.97 Å². The van der Waals surface area contributed by atoms with Crippen molar-refractivity contribution in [2.45, 2.75) is 142 Å². The Morgan fingerprint density at radius 2 is 1.31 bits per heavy atom. The number of nitrogens with one attached hydrogen (secondary N) is 2. The fourth-order valence-electron chi connectivity index (χ4n) is 6.93. The van der Waals surface area contributed by atoms with Gasteiger partial charge in [-0.3, -0.25) is 9.59 Å². The fraction of sp³-hybridized carbons (Fsp3) is 0.903. The van der Waals surface area contributed by atoms with E-state index in [2.05, 4.69) is 10.6 Å². The Morgan fingerprint density at radius 3 is 1.86 bits per heavy atom. The molecule has 4 heterocycles. The number of hydrogen-bond donors (Lipinski definition) is 17. The van der Waals surface area contributed by atoms with Crippen molar-refractivity contribution in [3.63, 3.8) is 0 Å². The largest absolute Gasteiger partial charge is 0.477 e. The molecule has 27 nitrogen and oxygen atoms in total. The van der Waals surface area contributed by atoms with Crippen molar-refractivity contribution in [3.8, 4) is 0 Å². The molecule has 21 atom stereocenters. The summed E-state index contributed by atoms with van der Waals surface area (Å²) >= 11 is 0. The van der Waals surface area contributed by atoms with Crippen molar-refractivity contribution in [2.75, 3.05) is 33.0 Å². The van der Waals surface area contributed by atoms with Gasteiger partial charge in [0.15, 0.2) is 18.9 Å². The minimum Gasteiger partial charge on any atom is -0.477 e. The van der Waals surface area contributed by atoms with Crippen molar-refractivity contribution < 1.29 is 124 Å². The molecular weight excluding hydrogens is 800 g/mol. The van der Waals surface area contributed by atoms with Crippen molar-refractivity contribution in [1.82, 2.24) is 10.6 Å². The highest BCUT2D eigenvalue weighted by Gasteiger charge is 2.58. The summed E-state index contributed by atoms with van der Waals surface area (Å²) in [5.41, 5.74) is 0. The quantitative estimate of drug-likeness (QED) is 0.0685. The normalized spacial score (nSPS) is 44.5. The lowest BCUT2D eigenvalue weighted by atomic mass is 9.88. The van der Waals surface area contributed by atoms with Crippen LogP contribution in [-0.2, 0) is 47.5 Å². The first-order valence-corrected chi connectivity index (χ1v) is 17.9. The Morgan fingerprint density at radius 1 is 0.724 bits per heavy atom. The number of ether oxygens (including phenoxy) is 7. The molecule has 58 heavy (non-hydrogen) atoms. The van der Waals surface area contributed by atoms with Crippen LogP contribution in [0.1, 0.15) is 13.3 Å². The van der Waals surface area contributed by atoms with Crippen LogP contribution in [0.5, 0.6) is 0 Å². The third-order valence-electron chi connectivity index (χ3n) is 10.1. The second-order valence-corrected chi connectivity index (χ2v) is 14.1. The predicted octanol–water partition coefficient (Wildman–Crippen LogP) is -11.3. The molecule has 0 aromatic carbocycles. The summed E-state index contributed by atoms with van der Waals surface area (Å²) in [5, 5.41) is 159. The Kier molecular flexibility index (Phi) is 17.0. The number of carbonyl (C=O) groups is 3. The summed E-state index contributed by atoms with van der Waals surface area (Å²) in [6.07, 6.45) is -35.8. The fourth-order valence-corrected chi connectivity index (χ4v) is 6.93. The van der Waals surface area contributed by atoms with Gasteiger partial charge < -0.3 is 120 Å². The summed E-state index contributed by atoms with van der Waals surface area (Å²) in [6, 6.07) is -3.40. The monoisotopic (exact) mass is 852 g/mol. The van der Waals surface area contributed by atoms with Crippen LogP contribution in [0.4, 0.5) is 0 Å². The Labute approximate surface area is 327 Å². The highest BCUT2D eigenvalue weighted by molar-refractivity contribution is 5.78. The molecule has 4 fully saturated rings. The zero-order valence-corrected chi connectivity index (χ0v) is 30.6. The van der Waals surface area contributed by atoms with Crippen molar-refractivity contribution in [2.24, 2.45) is 0 Å². The van der Waals surface area contributed by atoms with E-state index in [4.69, 9.17) is 33.2 Å². The van der Waals surface area contributed by atoms with Crippen molar-refractivity contribution in [3.05, 3.63) is 0 Å². The van der Waals surface area contributed by atoms with E-state index >= 15 is 0 Å². The molecule has 0 aromatic heterocycles. The molecule has 4 aliphatic heterocycles. The summed E-state index contributed by atoms with van der Waals surface area (Å²) in [5.74, 6) is -6.87. The van der Waals surface area contributed by atoms with Crippen LogP contribution < -0.4 is 10.6 Å². The summed E-state index contributed by atoms with van der Waals surface area (Å²) in [7, 11) is 0. The van der Waals surface area contributed by atoms with Gasteiger partial charge in [-0.25, -0.2) is 4.79 Å². The zero-order chi connectivity index (χ0) is 43.4. The molecule has 17 N–H and O–H groups in total. The number of aliphatic carboxylic acids is 1. The van der Waals surface area contributed by atoms with Gasteiger partial charge in [-0.15, -0.1) is 0 Å². The second-order valence-electron chi connectivity index (χ2n) is 14.1. The SMILES string of the molecule is CC(=O)N[C@@H]1[C@@H](O[C@@H]2O[C@H](CO)[C@H](O[C@@H]3O[C@H](CO)[C@H](O)[C@H](O)[C@H]3O)[C@H](O)[C@H]2O)[C@@H](O)[C@@H](CO[C@]2(C(=O)O)C[C@H](O)[C@@H](NC(=O)CO)[C@H]([C@H](O)[C@H](O)CO)O2)O[C@@H]1O. The van der Waals surface area contributed by atoms with Gasteiger partial charge in [0.25, 0.3) is 5.79 Å². The highest BCUT2D eigenvalue weighted by Crippen LogP contribution is 2.36. The van der Waals surface area contributed by atoms with E-state index in [1.165, 1.54) is 0 Å². The second kappa shape index (κ2) is 20.4. The zero-order valence-electron chi connectivity index (χ0n) is 30.6. The average Bonchev–Trinajstić information content (AvgIpc) is 3.19. The first kappa shape index (κ1) is 48.2. The van der Waals surface area contributed by atoms with E-state index in [0.29, 0.717) is 0 Å². The minimum atomic E-state index is -2.98. The van der Waals surface area contributed by atoms with Crippen molar-refractivity contribution in [1.29, 1.82) is 0 Å². The van der Waals surface area contributed by atoms with Crippen LogP contribution in [0.3, 0.4) is 0 Å². The van der Waals surface area contributed by atoms with Crippen LogP contribution in [-0.4, -0.2) is 256 Å². The van der Waals surface area contributed by atoms with Gasteiger partial charge in [-0.1, -0.05) is 0 Å². The molecule has 4 rings (SSSR count). The van der Waals surface area contributed by atoms with E-state index in [0.717, 1.165) is 6.92 Å². The van der Waals surface area contributed by atoms with Crippen LogP contribution >= 0.6 is 0 Å². The molecule has 336 valence electrons. The van der Waals surface area contributed by atoms with Gasteiger partial charge in [-0.05, 0) is 0 Å². The number of amides is 2. The molecule has 4 aliphatic rings. The molecule has 0 spiro atoms. The average molecular weight is 853 g/mol. The molecule has 0 aromatic rings. The maximum atomic E-state index is 12.6. The molecule has 27 heteroatoms. The number of carboxylic acids is 1. The lowest BCUT2D eigenvalue weighted by molar-refractivity contribution is -0.374. The van der Waals surface area contributed by atoms with Crippen molar-refractivity contribution >= 4 is 17.8 Å². The van der Waals surface area contributed by atoms with Gasteiger partial charge in [0, 0.05) is 13.3 Å². The smallest absolute Gasteiger partial charge is 0.364 e. The number of aliphatic hydroxyl groups excluding tert-OH is 14. The maximum Gasteiger partial charge on any atom is 0.364 e. The molecule has 0 aliphatic carbocycles. The van der Waals surface area contributed by atoms with E-state index in [1.807, 2.05) is 0 Å². The third-order valence-corrected chi connectivity index (χ3v) is 10.1. The Bertz CT molecular complexity index is 1360. The highest BCUT2D eigenvalue weighted by atomic mass is 16.8. The first-order valence-electron chi connectivity index (χ1n) is 17.9. The van der Waals surface area contributed by atoms with Gasteiger partial charge in [0.05, 0.1) is 38.6 Å². The molecule has 0 unspecified atom stereocenters. The first-order chi connectivity index (χ1) is 27.2. The van der Waals surface area contributed by atoms with E-state index < -0.39 is 186 Å². The van der Waals surface area contributed by atoms with Crippen LogP contribution in [0.2, 0.25) is 0 Å². The summed E-state index contributed by atoms with van der Waals surface area (Å²) < 4.78 is 38.5. The minimum absolute atomic E-state index is 0.818. The molecule has 0 bridgehead atoms. The lowest BCUT2D eigenvalue weighted by Gasteiger charge is -2.49. The van der Waals surface area contributed by atoms with Crippen LogP contribution in [0.15, 0.2) is 0 Å². The number of aliphatic hydroxyl groups is 14. The number of carboxylic acid groups (broad SMARTS) is 1. The lowest BCUT2D eigenvalue weighted by Crippen LogP contribution is -2.70. The Hall–Kier alpha value is -2.43. The summed E-state index contributed by atoms with van der Waals surface area (Å²) in [4.78, 5) is 36.7. The maximum absolute atomic E-state index is 12.6. The molecular formula is C31H52N2O25. The molecule has 4 saturated heterocycles. The number of rotatable bonds is 16. The molecule has 0 saturated carbocycles. The third kappa shape index (κ3) is 10.4. The van der Waals surface area contributed by atoms with Crippen LogP contribution in [0, 0.1) is 0 Å². The molecule has 2 amide bonds. The van der Waals surface area contributed by atoms with E-state index in [-0.39, 0.29) is 0 Å². The standard InChI is InChI=1S/C31H52N2O25/c1-8(38)32-16-25(57-29-23(48)21(46)24(12(5-36)55-29)56-28-22(47)20(45)18(43)11(4-35)54-28)19(44)13(53-27(16)49)7-52-31(30(50)51)2-9(39)15(33-14(41)6-37)26(58-31)17(42)10(40)3-34/h9-13,15-29,34-37,39-40,42-49H,2-7H2,1H3,(H,32,38)(H,33,41)(H,50,51)/t9-,10+,11+,12+,13+,15+,16+,17+,18-,19-,20-,21+,22+,23+,24-,25+,26+,27-,28-,29-,31+/m0/s1. The summed E-state index contributed by atoms with van der Waals surface area (Å²) in [6.45, 7) is -4.12.